The number of rotatable bonds is 5. The summed E-state index contributed by atoms with van der Waals surface area (Å²) in [5.41, 5.74) is 4.51. The second-order valence-electron chi connectivity index (χ2n) is 7.82. The molecule has 0 spiro atoms. The topological polar surface area (TPSA) is 75.0 Å². The third-order valence-corrected chi connectivity index (χ3v) is 5.40. The summed E-state index contributed by atoms with van der Waals surface area (Å²) in [6, 6.07) is 21.7. The van der Waals surface area contributed by atoms with Crippen molar-refractivity contribution in [2.45, 2.75) is 25.5 Å². The van der Waals surface area contributed by atoms with E-state index in [-0.39, 0.29) is 5.91 Å². The molecule has 5 nitrogen and oxygen atoms in total. The van der Waals surface area contributed by atoms with Crippen LogP contribution >= 0.6 is 0 Å². The van der Waals surface area contributed by atoms with Crippen molar-refractivity contribution in [1.82, 2.24) is 10.3 Å². The third kappa shape index (κ3) is 4.71. The van der Waals surface area contributed by atoms with Crippen LogP contribution in [0.25, 0.3) is 12.2 Å². The molecule has 0 saturated carbocycles. The standard InChI is InChI=1S/C26H23N3O2/c1-26(17-27)18-31-16-22-10-9-21(14-24(22)26)25(30)29-15-23-13-20(11-12-28-23)8-7-19-5-3-2-4-6-19/h2-14H,15-16,18H2,1H3,(H,29,30)/b8-7+/t26-/m1/s1. The summed E-state index contributed by atoms with van der Waals surface area (Å²) in [7, 11) is 0. The molecule has 154 valence electrons. The Morgan fingerprint density at radius 1 is 1.16 bits per heavy atom. The Hall–Kier alpha value is -3.75. The van der Waals surface area contributed by atoms with Gasteiger partial charge in [-0.05, 0) is 53.4 Å². The van der Waals surface area contributed by atoms with Gasteiger partial charge in [0.05, 0.1) is 31.5 Å². The highest BCUT2D eigenvalue weighted by molar-refractivity contribution is 5.94. The van der Waals surface area contributed by atoms with Crippen LogP contribution in [-0.4, -0.2) is 17.5 Å². The van der Waals surface area contributed by atoms with Crippen LogP contribution in [0.1, 0.15) is 45.2 Å². The van der Waals surface area contributed by atoms with E-state index in [1.165, 1.54) is 0 Å². The van der Waals surface area contributed by atoms with Crippen molar-refractivity contribution in [3.05, 3.63) is 100 Å². The summed E-state index contributed by atoms with van der Waals surface area (Å²) >= 11 is 0. The first-order valence-electron chi connectivity index (χ1n) is 10.2. The number of benzene rings is 2. The van der Waals surface area contributed by atoms with Crippen LogP contribution in [0.4, 0.5) is 0 Å². The summed E-state index contributed by atoms with van der Waals surface area (Å²) < 4.78 is 5.53. The number of pyridine rings is 1. The van der Waals surface area contributed by atoms with Gasteiger partial charge in [0.15, 0.2) is 0 Å². The van der Waals surface area contributed by atoms with Crippen molar-refractivity contribution >= 4 is 18.1 Å². The third-order valence-electron chi connectivity index (χ3n) is 5.40. The molecule has 3 aromatic rings. The van der Waals surface area contributed by atoms with Gasteiger partial charge in [-0.3, -0.25) is 9.78 Å². The summed E-state index contributed by atoms with van der Waals surface area (Å²) in [4.78, 5) is 17.1. The minimum absolute atomic E-state index is 0.193. The van der Waals surface area contributed by atoms with Gasteiger partial charge in [0.25, 0.3) is 5.91 Å². The average molecular weight is 409 g/mol. The first kappa shape index (κ1) is 20.5. The van der Waals surface area contributed by atoms with Gasteiger partial charge < -0.3 is 10.1 Å². The molecule has 1 atom stereocenters. The molecule has 1 N–H and O–H groups in total. The quantitative estimate of drug-likeness (QED) is 0.674. The fraction of sp³-hybridized carbons (Fsp3) is 0.192. The monoisotopic (exact) mass is 409 g/mol. The maximum Gasteiger partial charge on any atom is 0.251 e. The number of nitrogens with one attached hydrogen (secondary N) is 1. The molecule has 0 aliphatic carbocycles. The zero-order chi connectivity index (χ0) is 21.7. The van der Waals surface area contributed by atoms with Crippen molar-refractivity contribution in [2.24, 2.45) is 0 Å². The summed E-state index contributed by atoms with van der Waals surface area (Å²) in [5.74, 6) is -0.193. The highest BCUT2D eigenvalue weighted by Crippen LogP contribution is 2.32. The Kier molecular flexibility index (Phi) is 5.92. The fourth-order valence-corrected chi connectivity index (χ4v) is 3.62. The molecule has 0 saturated heterocycles. The number of fused-ring (bicyclic) bond motifs is 1. The Morgan fingerprint density at radius 3 is 2.77 bits per heavy atom. The van der Waals surface area contributed by atoms with E-state index in [0.29, 0.717) is 25.3 Å². The molecule has 0 radical (unpaired) electrons. The van der Waals surface area contributed by atoms with Crippen LogP contribution in [-0.2, 0) is 23.3 Å². The lowest BCUT2D eigenvalue weighted by molar-refractivity contribution is 0.0757. The highest BCUT2D eigenvalue weighted by atomic mass is 16.5. The number of hydrogen-bond acceptors (Lipinski definition) is 4. The number of nitriles is 1. The molecule has 1 aliphatic rings. The van der Waals surface area contributed by atoms with E-state index in [9.17, 15) is 10.1 Å². The van der Waals surface area contributed by atoms with E-state index in [4.69, 9.17) is 4.74 Å². The van der Waals surface area contributed by atoms with Crippen molar-refractivity contribution in [3.8, 4) is 6.07 Å². The fourth-order valence-electron chi connectivity index (χ4n) is 3.62. The summed E-state index contributed by atoms with van der Waals surface area (Å²) in [6.45, 7) is 2.95. The largest absolute Gasteiger partial charge is 0.375 e. The molecule has 0 fully saturated rings. The van der Waals surface area contributed by atoms with E-state index in [1.54, 1.807) is 12.3 Å². The van der Waals surface area contributed by atoms with E-state index >= 15 is 0 Å². The predicted octanol–water partition coefficient (Wildman–Crippen LogP) is 4.49. The molecule has 5 heteroatoms. The zero-order valence-electron chi connectivity index (χ0n) is 17.3. The van der Waals surface area contributed by atoms with Crippen LogP contribution in [0, 0.1) is 11.3 Å². The van der Waals surface area contributed by atoms with Crippen molar-refractivity contribution in [3.63, 3.8) is 0 Å². The van der Waals surface area contributed by atoms with Crippen molar-refractivity contribution < 1.29 is 9.53 Å². The predicted molar refractivity (Wildman–Crippen MR) is 120 cm³/mol. The highest BCUT2D eigenvalue weighted by Gasteiger charge is 2.33. The minimum atomic E-state index is -0.745. The Bertz CT molecular complexity index is 1160. The lowest BCUT2D eigenvalue weighted by Gasteiger charge is -2.30. The van der Waals surface area contributed by atoms with E-state index in [0.717, 1.165) is 27.9 Å². The molecule has 2 heterocycles. The second kappa shape index (κ2) is 8.95. The normalized spacial score (nSPS) is 17.7. The lowest BCUT2D eigenvalue weighted by Crippen LogP contribution is -2.33. The van der Waals surface area contributed by atoms with Crippen LogP contribution in [0.15, 0.2) is 66.9 Å². The average Bonchev–Trinajstić information content (AvgIpc) is 2.82. The molecule has 2 aromatic carbocycles. The number of carbonyl (C=O) groups is 1. The van der Waals surface area contributed by atoms with Gasteiger partial charge in [0.1, 0.15) is 5.41 Å². The SMILES string of the molecule is C[C@@]1(C#N)COCc2ccc(C(=O)NCc3cc(/C=C/c4ccccc4)ccn3)cc21. The van der Waals surface area contributed by atoms with E-state index < -0.39 is 5.41 Å². The number of nitrogens with zero attached hydrogens (tertiary/aromatic N) is 2. The smallest absolute Gasteiger partial charge is 0.251 e. The Balaban J connectivity index is 1.44. The zero-order valence-corrected chi connectivity index (χ0v) is 17.3. The van der Waals surface area contributed by atoms with Gasteiger partial charge in [-0.2, -0.15) is 5.26 Å². The van der Waals surface area contributed by atoms with Crippen LogP contribution in [0.3, 0.4) is 0 Å². The van der Waals surface area contributed by atoms with Crippen molar-refractivity contribution in [2.75, 3.05) is 6.61 Å². The molecule has 0 unspecified atom stereocenters. The summed E-state index contributed by atoms with van der Waals surface area (Å²) in [5, 5.41) is 12.5. The van der Waals surface area contributed by atoms with Gasteiger partial charge in [0, 0.05) is 11.8 Å². The maximum atomic E-state index is 12.7. The first-order valence-corrected chi connectivity index (χ1v) is 10.2. The van der Waals surface area contributed by atoms with Gasteiger partial charge in [-0.25, -0.2) is 0 Å². The van der Waals surface area contributed by atoms with Gasteiger partial charge >= 0.3 is 0 Å². The number of amides is 1. The lowest BCUT2D eigenvalue weighted by atomic mass is 9.79. The van der Waals surface area contributed by atoms with Crippen LogP contribution in [0.2, 0.25) is 0 Å². The molecular formula is C26H23N3O2. The van der Waals surface area contributed by atoms with Crippen molar-refractivity contribution in [1.29, 1.82) is 5.26 Å². The molecule has 1 aromatic heterocycles. The first-order chi connectivity index (χ1) is 15.1. The van der Waals surface area contributed by atoms with Gasteiger partial charge in [-0.15, -0.1) is 0 Å². The minimum Gasteiger partial charge on any atom is -0.375 e. The molecule has 0 bridgehead atoms. The number of aromatic nitrogens is 1. The number of ether oxygens (including phenoxy) is 1. The van der Waals surface area contributed by atoms with E-state index in [2.05, 4.69) is 16.4 Å². The van der Waals surface area contributed by atoms with Gasteiger partial charge in [-0.1, -0.05) is 48.6 Å². The maximum absolute atomic E-state index is 12.7. The molecule has 1 aliphatic heterocycles. The van der Waals surface area contributed by atoms with E-state index in [1.807, 2.05) is 73.7 Å². The Labute approximate surface area is 182 Å². The molecular weight excluding hydrogens is 386 g/mol. The van der Waals surface area contributed by atoms with Crippen LogP contribution in [0.5, 0.6) is 0 Å². The van der Waals surface area contributed by atoms with Crippen LogP contribution < -0.4 is 5.32 Å². The molecule has 31 heavy (non-hydrogen) atoms. The molecule has 1 amide bonds. The summed E-state index contributed by atoms with van der Waals surface area (Å²) in [6.07, 6.45) is 5.81. The number of carbonyl (C=O) groups excluding carboxylic acids is 1. The number of hydrogen-bond donors (Lipinski definition) is 1. The second-order valence-corrected chi connectivity index (χ2v) is 7.82. The Morgan fingerprint density at radius 2 is 1.97 bits per heavy atom. The van der Waals surface area contributed by atoms with Gasteiger partial charge in [0.2, 0.25) is 0 Å². The molecule has 4 rings (SSSR count).